The molecule has 0 radical (unpaired) electrons. The molecule has 96 valence electrons. The Morgan fingerprint density at radius 3 is 2.83 bits per heavy atom. The standard InChI is InChI=1S/C14H19N3O/c1-4-18-13-7-5-6-12(8-13)9-15-14-10(2)16-17-11(14)3/h5-8,15H,4,9H2,1-3H3,(H,16,17). The van der Waals surface area contributed by atoms with Crippen molar-refractivity contribution in [2.24, 2.45) is 0 Å². The summed E-state index contributed by atoms with van der Waals surface area (Å²) >= 11 is 0. The Hall–Kier alpha value is -1.97. The van der Waals surface area contributed by atoms with E-state index in [1.165, 1.54) is 5.56 Å². The quantitative estimate of drug-likeness (QED) is 0.851. The number of nitrogens with one attached hydrogen (secondary N) is 2. The number of benzene rings is 1. The van der Waals surface area contributed by atoms with Crippen LogP contribution in [0.2, 0.25) is 0 Å². The summed E-state index contributed by atoms with van der Waals surface area (Å²) in [7, 11) is 0. The molecule has 0 aliphatic carbocycles. The second-order valence-electron chi connectivity index (χ2n) is 4.24. The summed E-state index contributed by atoms with van der Waals surface area (Å²) in [5.41, 5.74) is 4.33. The number of ether oxygens (including phenoxy) is 1. The maximum absolute atomic E-state index is 5.48. The highest BCUT2D eigenvalue weighted by atomic mass is 16.5. The topological polar surface area (TPSA) is 49.9 Å². The number of aromatic nitrogens is 2. The fraction of sp³-hybridized carbons (Fsp3) is 0.357. The van der Waals surface area contributed by atoms with Crippen LogP contribution >= 0.6 is 0 Å². The van der Waals surface area contributed by atoms with Gasteiger partial charge in [-0.25, -0.2) is 0 Å². The van der Waals surface area contributed by atoms with Crippen molar-refractivity contribution in [3.05, 3.63) is 41.2 Å². The number of aryl methyl sites for hydroxylation is 2. The molecule has 1 aromatic heterocycles. The molecule has 0 saturated carbocycles. The van der Waals surface area contributed by atoms with Gasteiger partial charge in [0.1, 0.15) is 5.75 Å². The van der Waals surface area contributed by atoms with Crippen molar-refractivity contribution >= 4 is 5.69 Å². The molecule has 0 aliphatic heterocycles. The van der Waals surface area contributed by atoms with Gasteiger partial charge in [0.05, 0.1) is 23.7 Å². The predicted molar refractivity (Wildman–Crippen MR) is 73.0 cm³/mol. The molecule has 2 N–H and O–H groups in total. The number of anilines is 1. The predicted octanol–water partition coefficient (Wildman–Crippen LogP) is 3.04. The van der Waals surface area contributed by atoms with Gasteiger partial charge in [0.15, 0.2) is 0 Å². The van der Waals surface area contributed by atoms with Gasteiger partial charge in [-0.3, -0.25) is 5.10 Å². The lowest BCUT2D eigenvalue weighted by molar-refractivity contribution is 0.340. The van der Waals surface area contributed by atoms with Crippen LogP contribution in [0.15, 0.2) is 24.3 Å². The summed E-state index contributed by atoms with van der Waals surface area (Å²) in [4.78, 5) is 0. The molecule has 0 bridgehead atoms. The van der Waals surface area contributed by atoms with E-state index in [9.17, 15) is 0 Å². The molecule has 2 rings (SSSR count). The molecular weight excluding hydrogens is 226 g/mol. The van der Waals surface area contributed by atoms with E-state index in [4.69, 9.17) is 4.74 Å². The lowest BCUT2D eigenvalue weighted by atomic mass is 10.2. The van der Waals surface area contributed by atoms with Gasteiger partial charge in [-0.1, -0.05) is 12.1 Å². The van der Waals surface area contributed by atoms with Gasteiger partial charge in [0.25, 0.3) is 0 Å². The maximum atomic E-state index is 5.48. The molecule has 4 nitrogen and oxygen atoms in total. The van der Waals surface area contributed by atoms with Crippen LogP contribution < -0.4 is 10.1 Å². The Morgan fingerprint density at radius 1 is 1.33 bits per heavy atom. The third-order valence-electron chi connectivity index (χ3n) is 2.81. The lowest BCUT2D eigenvalue weighted by Crippen LogP contribution is -2.01. The third-order valence-corrected chi connectivity index (χ3v) is 2.81. The van der Waals surface area contributed by atoms with Crippen LogP contribution in [0.3, 0.4) is 0 Å². The highest BCUT2D eigenvalue weighted by molar-refractivity contribution is 5.51. The molecule has 0 spiro atoms. The Kier molecular flexibility index (Phi) is 3.87. The van der Waals surface area contributed by atoms with Crippen molar-refractivity contribution in [1.29, 1.82) is 0 Å². The molecule has 1 heterocycles. The van der Waals surface area contributed by atoms with Gasteiger partial charge >= 0.3 is 0 Å². The molecule has 0 atom stereocenters. The van der Waals surface area contributed by atoms with E-state index in [-0.39, 0.29) is 0 Å². The van der Waals surface area contributed by atoms with Crippen molar-refractivity contribution < 1.29 is 4.74 Å². The first kappa shape index (κ1) is 12.5. The summed E-state index contributed by atoms with van der Waals surface area (Å²) < 4.78 is 5.48. The summed E-state index contributed by atoms with van der Waals surface area (Å²) in [5.74, 6) is 0.914. The van der Waals surface area contributed by atoms with E-state index in [1.807, 2.05) is 32.9 Å². The smallest absolute Gasteiger partial charge is 0.119 e. The molecular formula is C14H19N3O. The fourth-order valence-electron chi connectivity index (χ4n) is 1.91. The maximum Gasteiger partial charge on any atom is 0.119 e. The fourth-order valence-corrected chi connectivity index (χ4v) is 1.91. The van der Waals surface area contributed by atoms with Crippen LogP contribution in [0.25, 0.3) is 0 Å². The molecule has 0 saturated heterocycles. The molecule has 2 aromatic rings. The first-order chi connectivity index (χ1) is 8.70. The minimum absolute atomic E-state index is 0.691. The van der Waals surface area contributed by atoms with Gasteiger partial charge in [0, 0.05) is 6.54 Å². The first-order valence-electron chi connectivity index (χ1n) is 6.18. The van der Waals surface area contributed by atoms with Crippen LogP contribution in [0.1, 0.15) is 23.9 Å². The second kappa shape index (κ2) is 5.58. The van der Waals surface area contributed by atoms with Crippen LogP contribution in [0.5, 0.6) is 5.75 Å². The zero-order valence-corrected chi connectivity index (χ0v) is 11.1. The molecule has 1 aromatic carbocycles. The van der Waals surface area contributed by atoms with E-state index >= 15 is 0 Å². The highest BCUT2D eigenvalue weighted by Crippen LogP contribution is 2.19. The van der Waals surface area contributed by atoms with Crippen LogP contribution in [0, 0.1) is 13.8 Å². The van der Waals surface area contributed by atoms with Crippen LogP contribution in [-0.2, 0) is 6.54 Å². The molecule has 0 aliphatic rings. The van der Waals surface area contributed by atoms with E-state index < -0.39 is 0 Å². The van der Waals surface area contributed by atoms with Gasteiger partial charge in [-0.05, 0) is 38.5 Å². The molecule has 0 amide bonds. The van der Waals surface area contributed by atoms with Gasteiger partial charge in [0.2, 0.25) is 0 Å². The van der Waals surface area contributed by atoms with Crippen LogP contribution in [0.4, 0.5) is 5.69 Å². The molecule has 4 heteroatoms. The summed E-state index contributed by atoms with van der Waals surface area (Å²) in [6.07, 6.45) is 0. The van der Waals surface area contributed by atoms with E-state index in [0.29, 0.717) is 6.61 Å². The number of hydrogen-bond donors (Lipinski definition) is 2. The molecule has 0 fully saturated rings. The Morgan fingerprint density at radius 2 is 2.17 bits per heavy atom. The average Bonchev–Trinajstić information content (AvgIpc) is 2.68. The zero-order chi connectivity index (χ0) is 13.0. The monoisotopic (exact) mass is 245 g/mol. The largest absolute Gasteiger partial charge is 0.494 e. The van der Waals surface area contributed by atoms with Gasteiger partial charge in [-0.15, -0.1) is 0 Å². The number of aromatic amines is 1. The van der Waals surface area contributed by atoms with E-state index in [0.717, 1.165) is 29.4 Å². The average molecular weight is 245 g/mol. The Bertz CT molecular complexity index is 500. The van der Waals surface area contributed by atoms with Gasteiger partial charge < -0.3 is 10.1 Å². The van der Waals surface area contributed by atoms with Crippen molar-refractivity contribution in [3.63, 3.8) is 0 Å². The van der Waals surface area contributed by atoms with Crippen molar-refractivity contribution in [1.82, 2.24) is 10.2 Å². The minimum Gasteiger partial charge on any atom is -0.494 e. The Labute approximate surface area is 107 Å². The third kappa shape index (κ3) is 2.83. The normalized spacial score (nSPS) is 10.4. The first-order valence-corrected chi connectivity index (χ1v) is 6.18. The number of H-pyrrole nitrogens is 1. The summed E-state index contributed by atoms with van der Waals surface area (Å²) in [6, 6.07) is 8.12. The Balaban J connectivity index is 2.04. The van der Waals surface area contributed by atoms with Crippen molar-refractivity contribution in [3.8, 4) is 5.75 Å². The van der Waals surface area contributed by atoms with Crippen molar-refractivity contribution in [2.45, 2.75) is 27.3 Å². The summed E-state index contributed by atoms with van der Waals surface area (Å²) in [6.45, 7) is 7.45. The zero-order valence-electron chi connectivity index (χ0n) is 11.1. The van der Waals surface area contributed by atoms with Crippen LogP contribution in [-0.4, -0.2) is 16.8 Å². The number of hydrogen-bond acceptors (Lipinski definition) is 3. The SMILES string of the molecule is CCOc1cccc(CNc2c(C)n[nH]c2C)c1. The second-order valence-corrected chi connectivity index (χ2v) is 4.24. The molecule has 18 heavy (non-hydrogen) atoms. The highest BCUT2D eigenvalue weighted by Gasteiger charge is 2.05. The number of rotatable bonds is 5. The minimum atomic E-state index is 0.691. The lowest BCUT2D eigenvalue weighted by Gasteiger charge is -2.08. The number of nitrogens with zero attached hydrogens (tertiary/aromatic N) is 1. The van der Waals surface area contributed by atoms with Gasteiger partial charge in [-0.2, -0.15) is 5.10 Å². The van der Waals surface area contributed by atoms with E-state index in [1.54, 1.807) is 0 Å². The van der Waals surface area contributed by atoms with Crippen molar-refractivity contribution in [2.75, 3.05) is 11.9 Å². The molecule has 0 unspecified atom stereocenters. The summed E-state index contributed by atoms with van der Waals surface area (Å²) in [5, 5.41) is 10.5. The van der Waals surface area contributed by atoms with E-state index in [2.05, 4.69) is 27.6 Å².